The summed E-state index contributed by atoms with van der Waals surface area (Å²) >= 11 is 3.43. The van der Waals surface area contributed by atoms with E-state index in [-0.39, 0.29) is 6.09 Å². The number of piperidine rings is 1. The molecule has 7 nitrogen and oxygen atoms in total. The first-order valence-corrected chi connectivity index (χ1v) is 10.7. The summed E-state index contributed by atoms with van der Waals surface area (Å²) in [6.45, 7) is 8.83. The van der Waals surface area contributed by atoms with Crippen LogP contribution in [0.1, 0.15) is 39.5 Å². The number of nitrogens with zero attached hydrogens (tertiary/aromatic N) is 4. The van der Waals surface area contributed by atoms with Crippen LogP contribution in [0.25, 0.3) is 11.5 Å². The minimum atomic E-state index is -0.478. The van der Waals surface area contributed by atoms with Crippen LogP contribution in [0.15, 0.2) is 33.2 Å². The fourth-order valence-corrected chi connectivity index (χ4v) is 3.73. The van der Waals surface area contributed by atoms with E-state index in [0.29, 0.717) is 30.8 Å². The minimum absolute atomic E-state index is 0.273. The normalized spacial score (nSPS) is 17.9. The highest BCUT2D eigenvalue weighted by atomic mass is 79.9. The number of hydrogen-bond donors (Lipinski definition) is 0. The summed E-state index contributed by atoms with van der Waals surface area (Å²) in [6, 6.07) is 7.81. The zero-order chi connectivity index (χ0) is 21.0. The van der Waals surface area contributed by atoms with Gasteiger partial charge < -0.3 is 14.1 Å². The van der Waals surface area contributed by atoms with Gasteiger partial charge in [-0.05, 0) is 70.3 Å². The maximum atomic E-state index is 12.2. The molecule has 1 amide bonds. The molecule has 1 unspecified atom stereocenters. The van der Waals surface area contributed by atoms with Crippen LogP contribution in [0, 0.1) is 5.92 Å². The smallest absolute Gasteiger partial charge is 0.410 e. The molecule has 0 radical (unpaired) electrons. The highest BCUT2D eigenvalue weighted by molar-refractivity contribution is 9.10. The van der Waals surface area contributed by atoms with Crippen molar-refractivity contribution in [2.75, 3.05) is 26.7 Å². The first-order chi connectivity index (χ1) is 13.7. The van der Waals surface area contributed by atoms with E-state index in [1.165, 1.54) is 0 Å². The number of amides is 1. The second kappa shape index (κ2) is 9.26. The molecule has 0 N–H and O–H groups in total. The monoisotopic (exact) mass is 464 g/mol. The molecule has 8 heteroatoms. The van der Waals surface area contributed by atoms with Crippen LogP contribution in [-0.2, 0) is 11.3 Å². The standard InChI is InChI=1S/C21H29BrN4O3/c1-21(2,3)29-20(27)25(4)12-15-6-5-11-26(13-15)14-18-23-24-19(28-18)16-7-9-17(22)10-8-16/h7-10,15H,5-6,11-14H2,1-4H3. The second-order valence-electron chi connectivity index (χ2n) is 8.61. The van der Waals surface area contributed by atoms with Gasteiger partial charge in [0, 0.05) is 30.2 Å². The molecular formula is C21H29BrN4O3. The van der Waals surface area contributed by atoms with Crippen molar-refractivity contribution in [2.45, 2.75) is 45.8 Å². The molecule has 29 heavy (non-hydrogen) atoms. The van der Waals surface area contributed by atoms with Gasteiger partial charge in [-0.15, -0.1) is 10.2 Å². The highest BCUT2D eigenvalue weighted by Crippen LogP contribution is 2.23. The van der Waals surface area contributed by atoms with E-state index < -0.39 is 5.60 Å². The van der Waals surface area contributed by atoms with E-state index in [4.69, 9.17) is 9.15 Å². The average molecular weight is 465 g/mol. The average Bonchev–Trinajstić information content (AvgIpc) is 3.09. The molecular weight excluding hydrogens is 436 g/mol. The van der Waals surface area contributed by atoms with E-state index >= 15 is 0 Å². The summed E-state index contributed by atoms with van der Waals surface area (Å²) in [5, 5.41) is 8.39. The molecule has 1 aliphatic heterocycles. The van der Waals surface area contributed by atoms with Crippen molar-refractivity contribution in [1.29, 1.82) is 0 Å². The summed E-state index contributed by atoms with van der Waals surface area (Å²) < 4.78 is 12.3. The van der Waals surface area contributed by atoms with Crippen LogP contribution < -0.4 is 0 Å². The Balaban J connectivity index is 1.53. The lowest BCUT2D eigenvalue weighted by Crippen LogP contribution is -2.42. The molecule has 1 fully saturated rings. The molecule has 0 bridgehead atoms. The van der Waals surface area contributed by atoms with Crippen LogP contribution >= 0.6 is 15.9 Å². The number of halogens is 1. The molecule has 1 aromatic carbocycles. The predicted octanol–water partition coefficient (Wildman–Crippen LogP) is 4.58. The van der Waals surface area contributed by atoms with Gasteiger partial charge in [-0.1, -0.05) is 15.9 Å². The topological polar surface area (TPSA) is 71.7 Å². The van der Waals surface area contributed by atoms with Crippen molar-refractivity contribution in [3.63, 3.8) is 0 Å². The summed E-state index contributed by atoms with van der Waals surface area (Å²) in [6.07, 6.45) is 1.91. The van der Waals surface area contributed by atoms with Crippen LogP contribution in [0.2, 0.25) is 0 Å². The Labute approximate surface area is 180 Å². The van der Waals surface area contributed by atoms with Crippen molar-refractivity contribution < 1.29 is 13.9 Å². The van der Waals surface area contributed by atoms with Crippen molar-refractivity contribution >= 4 is 22.0 Å². The summed E-state index contributed by atoms with van der Waals surface area (Å²) in [4.78, 5) is 16.2. The number of carbonyl (C=O) groups excluding carboxylic acids is 1. The molecule has 0 aliphatic carbocycles. The number of benzene rings is 1. The zero-order valence-electron chi connectivity index (χ0n) is 17.5. The number of carbonyl (C=O) groups is 1. The number of ether oxygens (including phenoxy) is 1. The van der Waals surface area contributed by atoms with Gasteiger partial charge in [0.2, 0.25) is 11.8 Å². The lowest BCUT2D eigenvalue weighted by atomic mass is 9.97. The summed E-state index contributed by atoms with van der Waals surface area (Å²) in [7, 11) is 1.80. The maximum Gasteiger partial charge on any atom is 0.410 e. The van der Waals surface area contributed by atoms with Crippen LogP contribution in [0.3, 0.4) is 0 Å². The molecule has 0 spiro atoms. The molecule has 158 valence electrons. The molecule has 1 atom stereocenters. The zero-order valence-corrected chi connectivity index (χ0v) is 19.1. The van der Waals surface area contributed by atoms with Gasteiger partial charge in [0.05, 0.1) is 6.54 Å². The summed E-state index contributed by atoms with van der Waals surface area (Å²) in [5.41, 5.74) is 0.427. The Hall–Kier alpha value is -1.93. The highest BCUT2D eigenvalue weighted by Gasteiger charge is 2.26. The molecule has 1 aliphatic rings. The molecule has 2 heterocycles. The van der Waals surface area contributed by atoms with Crippen LogP contribution in [0.4, 0.5) is 4.79 Å². The Morgan fingerprint density at radius 2 is 2.03 bits per heavy atom. The van der Waals surface area contributed by atoms with Gasteiger partial charge in [0.1, 0.15) is 5.60 Å². The van der Waals surface area contributed by atoms with Gasteiger partial charge in [-0.2, -0.15) is 0 Å². The first kappa shape index (κ1) is 21.8. The fraction of sp³-hybridized carbons (Fsp3) is 0.571. The number of aromatic nitrogens is 2. The minimum Gasteiger partial charge on any atom is -0.444 e. The van der Waals surface area contributed by atoms with Crippen molar-refractivity contribution in [3.8, 4) is 11.5 Å². The molecule has 3 rings (SSSR count). The molecule has 1 saturated heterocycles. The molecule has 0 saturated carbocycles. The van der Waals surface area contributed by atoms with E-state index in [1.54, 1.807) is 11.9 Å². The third-order valence-corrected chi connectivity index (χ3v) is 5.29. The van der Waals surface area contributed by atoms with E-state index in [2.05, 4.69) is 31.0 Å². The largest absolute Gasteiger partial charge is 0.444 e. The molecule has 2 aromatic rings. The Morgan fingerprint density at radius 3 is 2.72 bits per heavy atom. The van der Waals surface area contributed by atoms with Crippen molar-refractivity contribution in [3.05, 3.63) is 34.6 Å². The Kier molecular flexibility index (Phi) is 6.95. The first-order valence-electron chi connectivity index (χ1n) is 9.94. The maximum absolute atomic E-state index is 12.2. The lowest BCUT2D eigenvalue weighted by Gasteiger charge is -2.34. The van der Waals surface area contributed by atoms with Crippen LogP contribution in [0.5, 0.6) is 0 Å². The Morgan fingerprint density at radius 1 is 1.31 bits per heavy atom. The van der Waals surface area contributed by atoms with E-state index in [1.807, 2.05) is 45.0 Å². The van der Waals surface area contributed by atoms with Gasteiger partial charge in [0.25, 0.3) is 0 Å². The fourth-order valence-electron chi connectivity index (χ4n) is 3.46. The third kappa shape index (κ3) is 6.54. The molecule has 1 aromatic heterocycles. The van der Waals surface area contributed by atoms with Gasteiger partial charge in [0.15, 0.2) is 0 Å². The number of rotatable bonds is 5. The van der Waals surface area contributed by atoms with Crippen molar-refractivity contribution in [2.24, 2.45) is 5.92 Å². The lowest BCUT2D eigenvalue weighted by molar-refractivity contribution is 0.0239. The predicted molar refractivity (Wildman–Crippen MR) is 114 cm³/mol. The number of hydrogen-bond acceptors (Lipinski definition) is 6. The van der Waals surface area contributed by atoms with E-state index in [0.717, 1.165) is 36.0 Å². The van der Waals surface area contributed by atoms with Gasteiger partial charge >= 0.3 is 6.09 Å². The van der Waals surface area contributed by atoms with Gasteiger partial charge in [-0.3, -0.25) is 4.90 Å². The third-order valence-electron chi connectivity index (χ3n) is 4.76. The SMILES string of the molecule is CN(CC1CCCN(Cc2nnc(-c3ccc(Br)cc3)o2)C1)C(=O)OC(C)(C)C. The number of likely N-dealkylation sites (tertiary alicyclic amines) is 1. The van der Waals surface area contributed by atoms with Crippen LogP contribution in [-0.4, -0.2) is 58.4 Å². The van der Waals surface area contributed by atoms with E-state index in [9.17, 15) is 4.79 Å². The van der Waals surface area contributed by atoms with Crippen molar-refractivity contribution in [1.82, 2.24) is 20.0 Å². The second-order valence-corrected chi connectivity index (χ2v) is 9.53. The van der Waals surface area contributed by atoms with Gasteiger partial charge in [-0.25, -0.2) is 4.79 Å². The summed E-state index contributed by atoms with van der Waals surface area (Å²) in [5.74, 6) is 1.55. The quantitative estimate of drug-likeness (QED) is 0.644. The Bertz CT molecular complexity index is 816.